The zero-order valence-corrected chi connectivity index (χ0v) is 29.9. The van der Waals surface area contributed by atoms with E-state index in [0.717, 1.165) is 39.2 Å². The van der Waals surface area contributed by atoms with Gasteiger partial charge >= 0.3 is 0 Å². The van der Waals surface area contributed by atoms with E-state index >= 15 is 0 Å². The second-order valence-corrected chi connectivity index (χ2v) is 14.2. The lowest BCUT2D eigenvalue weighted by molar-refractivity contribution is 0.675. The van der Waals surface area contributed by atoms with Crippen molar-refractivity contribution in [2.24, 2.45) is 9.98 Å². The Morgan fingerprint density at radius 3 is 1.80 bits per heavy atom. The molecule has 1 aromatic heterocycles. The predicted octanol–water partition coefficient (Wildman–Crippen LogP) is 12.4. The highest BCUT2D eigenvalue weighted by atomic mass is 15.2. The molecule has 1 unspecified atom stereocenters. The maximum atomic E-state index is 5.32. The van der Waals surface area contributed by atoms with Crippen LogP contribution in [0, 0.1) is 0 Å². The fourth-order valence-corrected chi connectivity index (χ4v) is 8.56. The molecule has 55 heavy (non-hydrogen) atoms. The van der Waals surface area contributed by atoms with Gasteiger partial charge in [-0.3, -0.25) is 0 Å². The number of benzene rings is 9. The van der Waals surface area contributed by atoms with E-state index in [1.54, 1.807) is 0 Å². The maximum absolute atomic E-state index is 5.32. The molecule has 0 fully saturated rings. The summed E-state index contributed by atoms with van der Waals surface area (Å²) in [4.78, 5) is 10.6. The number of nitrogens with zero attached hydrogens (tertiary/aromatic N) is 3. The summed E-state index contributed by atoms with van der Waals surface area (Å²) >= 11 is 0. The average Bonchev–Trinajstić information content (AvgIpc) is 3.62. The van der Waals surface area contributed by atoms with E-state index in [0.29, 0.717) is 5.84 Å². The minimum atomic E-state index is -0.344. The molecule has 1 aliphatic heterocycles. The lowest BCUT2D eigenvalue weighted by Crippen LogP contribution is -2.33. The lowest BCUT2D eigenvalue weighted by Gasteiger charge is -2.25. The first-order valence-corrected chi connectivity index (χ1v) is 18.8. The van der Waals surface area contributed by atoms with E-state index in [1.165, 1.54) is 54.3 Å². The standard InChI is InChI=1S/C51H34N4/c1-4-17-33(18-5-1)35-21-16-22-36(31-35)50-52-49(34-19-6-2-7-20-34)53-51(54-50)44-32-43-39-26-11-13-28-41(39)48-47(46(43)40-27-12-10-25-38(40)44)42-29-14-15-30-45(42)55(48)37-23-8-3-9-24-37/h1-32,50H,(H,52,53,54). The van der Waals surface area contributed by atoms with E-state index < -0.39 is 0 Å². The number of hydrogen-bond donors (Lipinski definition) is 1. The smallest absolute Gasteiger partial charge is 0.159 e. The third kappa shape index (κ3) is 5.07. The molecule has 0 radical (unpaired) electrons. The predicted molar refractivity (Wildman–Crippen MR) is 231 cm³/mol. The Balaban J connectivity index is 1.20. The second kappa shape index (κ2) is 12.7. The number of para-hydroxylation sites is 2. The second-order valence-electron chi connectivity index (χ2n) is 14.2. The number of rotatable bonds is 5. The van der Waals surface area contributed by atoms with Crippen molar-refractivity contribution in [3.05, 3.63) is 211 Å². The van der Waals surface area contributed by atoms with Crippen molar-refractivity contribution in [3.63, 3.8) is 0 Å². The van der Waals surface area contributed by atoms with E-state index in [1.807, 2.05) is 6.07 Å². The van der Waals surface area contributed by atoms with Crippen LogP contribution in [0.25, 0.3) is 70.9 Å². The molecule has 0 aliphatic carbocycles. The van der Waals surface area contributed by atoms with Crippen LogP contribution >= 0.6 is 0 Å². The summed E-state index contributed by atoms with van der Waals surface area (Å²) in [6.07, 6.45) is -0.344. The van der Waals surface area contributed by atoms with Crippen LogP contribution in [-0.4, -0.2) is 16.2 Å². The van der Waals surface area contributed by atoms with Crippen molar-refractivity contribution in [2.45, 2.75) is 6.17 Å². The SMILES string of the molecule is c1ccc(C2=NC(c3cccc(-c4ccccc4)c3)NC(c3cc4c5ccccc5c5c(c6ccccc6n5-c5ccccc5)c4c4ccccc34)=N2)cc1. The third-order valence-electron chi connectivity index (χ3n) is 11.0. The van der Waals surface area contributed by atoms with Gasteiger partial charge in [0.25, 0.3) is 0 Å². The number of aromatic nitrogens is 1. The van der Waals surface area contributed by atoms with Gasteiger partial charge in [-0.15, -0.1) is 0 Å². The largest absolute Gasteiger partial charge is 0.344 e. The fourth-order valence-electron chi connectivity index (χ4n) is 8.56. The number of hydrogen-bond acceptors (Lipinski definition) is 3. The van der Waals surface area contributed by atoms with Gasteiger partial charge < -0.3 is 9.88 Å². The Kier molecular flexibility index (Phi) is 7.20. The molecule has 4 nitrogen and oxygen atoms in total. The summed E-state index contributed by atoms with van der Waals surface area (Å²) in [5, 5.41) is 13.5. The Morgan fingerprint density at radius 1 is 0.436 bits per heavy atom. The van der Waals surface area contributed by atoms with Crippen molar-refractivity contribution in [1.29, 1.82) is 0 Å². The fraction of sp³-hybridized carbons (Fsp3) is 0.0196. The molecular weight excluding hydrogens is 669 g/mol. The van der Waals surface area contributed by atoms with Crippen LogP contribution in [0.2, 0.25) is 0 Å². The van der Waals surface area contributed by atoms with E-state index in [4.69, 9.17) is 9.98 Å². The Hall–Kier alpha value is -7.30. The normalized spacial score (nSPS) is 14.4. The van der Waals surface area contributed by atoms with Crippen LogP contribution in [-0.2, 0) is 0 Å². The molecule has 9 aromatic carbocycles. The number of aliphatic imine (C=N–C) groups is 2. The van der Waals surface area contributed by atoms with Crippen molar-refractivity contribution in [1.82, 2.24) is 9.88 Å². The molecule has 1 aliphatic rings. The first-order chi connectivity index (χ1) is 27.3. The van der Waals surface area contributed by atoms with E-state index in [-0.39, 0.29) is 6.17 Å². The van der Waals surface area contributed by atoms with Crippen molar-refractivity contribution < 1.29 is 0 Å². The molecule has 0 amide bonds. The third-order valence-corrected chi connectivity index (χ3v) is 11.0. The van der Waals surface area contributed by atoms with Crippen molar-refractivity contribution >= 4 is 65.8 Å². The Morgan fingerprint density at radius 2 is 1.04 bits per heavy atom. The molecule has 0 saturated carbocycles. The summed E-state index contributed by atoms with van der Waals surface area (Å²) in [6, 6.07) is 69.1. The van der Waals surface area contributed by atoms with Crippen molar-refractivity contribution in [3.8, 4) is 16.8 Å². The molecule has 258 valence electrons. The summed E-state index contributed by atoms with van der Waals surface area (Å²) in [5.41, 5.74) is 9.00. The molecule has 4 heteroatoms. The van der Waals surface area contributed by atoms with Crippen LogP contribution in [0.4, 0.5) is 0 Å². The number of fused-ring (bicyclic) bond motifs is 10. The molecule has 1 N–H and O–H groups in total. The van der Waals surface area contributed by atoms with Crippen molar-refractivity contribution in [2.75, 3.05) is 0 Å². The first kappa shape index (κ1) is 31.2. The molecular formula is C51H34N4. The molecule has 1 atom stereocenters. The zero-order chi connectivity index (χ0) is 36.3. The van der Waals surface area contributed by atoms with Crippen LogP contribution < -0.4 is 5.32 Å². The van der Waals surface area contributed by atoms with Gasteiger partial charge in [-0.25, -0.2) is 9.98 Å². The summed E-state index contributed by atoms with van der Waals surface area (Å²) < 4.78 is 2.44. The van der Waals surface area contributed by atoms with Crippen LogP contribution in [0.5, 0.6) is 0 Å². The Labute approximate surface area is 318 Å². The Bertz CT molecular complexity index is 3160. The van der Waals surface area contributed by atoms with Gasteiger partial charge in [0.2, 0.25) is 0 Å². The van der Waals surface area contributed by atoms with Crippen LogP contribution in [0.1, 0.15) is 22.9 Å². The lowest BCUT2D eigenvalue weighted by atomic mass is 9.90. The van der Waals surface area contributed by atoms with Crippen LogP contribution in [0.15, 0.2) is 204 Å². The zero-order valence-electron chi connectivity index (χ0n) is 29.9. The van der Waals surface area contributed by atoms with Gasteiger partial charge in [-0.05, 0) is 68.6 Å². The molecule has 0 saturated heterocycles. The van der Waals surface area contributed by atoms with Gasteiger partial charge in [-0.1, -0.05) is 164 Å². The topological polar surface area (TPSA) is 41.7 Å². The summed E-state index contributed by atoms with van der Waals surface area (Å²) in [7, 11) is 0. The highest BCUT2D eigenvalue weighted by molar-refractivity contribution is 6.38. The molecule has 10 aromatic rings. The van der Waals surface area contributed by atoms with Gasteiger partial charge in [0.1, 0.15) is 12.0 Å². The quantitative estimate of drug-likeness (QED) is 0.178. The highest BCUT2D eigenvalue weighted by Crippen LogP contribution is 2.45. The number of amidine groups is 2. The molecule has 0 spiro atoms. The van der Waals surface area contributed by atoms with Gasteiger partial charge in [0, 0.05) is 38.4 Å². The van der Waals surface area contributed by atoms with E-state index in [2.05, 4.69) is 198 Å². The van der Waals surface area contributed by atoms with Gasteiger partial charge in [-0.2, -0.15) is 0 Å². The summed E-state index contributed by atoms with van der Waals surface area (Å²) in [6.45, 7) is 0. The van der Waals surface area contributed by atoms with Gasteiger partial charge in [0.05, 0.1) is 11.0 Å². The summed E-state index contributed by atoms with van der Waals surface area (Å²) in [5.74, 6) is 1.51. The molecule has 0 bridgehead atoms. The average molecular weight is 703 g/mol. The minimum Gasteiger partial charge on any atom is -0.344 e. The number of nitrogens with one attached hydrogen (secondary N) is 1. The molecule has 2 heterocycles. The van der Waals surface area contributed by atoms with Gasteiger partial charge in [0.15, 0.2) is 5.84 Å². The molecule has 11 rings (SSSR count). The maximum Gasteiger partial charge on any atom is 0.159 e. The van der Waals surface area contributed by atoms with E-state index in [9.17, 15) is 0 Å². The monoisotopic (exact) mass is 702 g/mol. The first-order valence-electron chi connectivity index (χ1n) is 18.8. The highest BCUT2D eigenvalue weighted by Gasteiger charge is 2.26. The minimum absolute atomic E-state index is 0.344. The van der Waals surface area contributed by atoms with Crippen LogP contribution in [0.3, 0.4) is 0 Å².